The van der Waals surface area contributed by atoms with Crippen LogP contribution in [0.1, 0.15) is 40.0 Å². The summed E-state index contributed by atoms with van der Waals surface area (Å²) in [7, 11) is 0. The average Bonchev–Trinajstić information content (AvgIpc) is 2.81. The highest BCUT2D eigenvalue weighted by Gasteiger charge is 2.21. The first-order valence-electron chi connectivity index (χ1n) is 10.9. The molecule has 2 aromatic carbocycles. The zero-order valence-corrected chi connectivity index (χ0v) is 18.0. The predicted octanol–water partition coefficient (Wildman–Crippen LogP) is 4.36. The van der Waals surface area contributed by atoms with Crippen LogP contribution in [0.5, 0.6) is 5.75 Å². The van der Waals surface area contributed by atoms with Gasteiger partial charge in [0.15, 0.2) is 0 Å². The third-order valence-electron chi connectivity index (χ3n) is 5.77. The topological polar surface area (TPSA) is 54.5 Å². The summed E-state index contributed by atoms with van der Waals surface area (Å²) < 4.78 is 6.17. The molecule has 1 aliphatic heterocycles. The van der Waals surface area contributed by atoms with E-state index in [1.165, 1.54) is 11.1 Å². The van der Waals surface area contributed by atoms with E-state index in [0.717, 1.165) is 43.9 Å². The number of rotatable bonds is 7. The molecule has 2 heterocycles. The molecule has 0 aliphatic carbocycles. The number of ether oxygens (including phenoxy) is 1. The number of likely N-dealkylation sites (tertiary alicyclic amines) is 1. The van der Waals surface area contributed by atoms with Crippen LogP contribution in [0, 0.1) is 6.92 Å². The summed E-state index contributed by atoms with van der Waals surface area (Å²) in [5.74, 6) is 0.709. The van der Waals surface area contributed by atoms with Crippen LogP contribution < -0.4 is 10.1 Å². The molecule has 5 nitrogen and oxygen atoms in total. The molecule has 5 heteroatoms. The number of hydrogen-bond donors (Lipinski definition) is 1. The van der Waals surface area contributed by atoms with E-state index in [9.17, 15) is 4.79 Å². The molecule has 1 aliphatic rings. The molecule has 0 spiro atoms. The van der Waals surface area contributed by atoms with Crippen molar-refractivity contribution >= 4 is 5.91 Å². The van der Waals surface area contributed by atoms with Gasteiger partial charge in [0.1, 0.15) is 11.9 Å². The largest absolute Gasteiger partial charge is 0.490 e. The van der Waals surface area contributed by atoms with Gasteiger partial charge >= 0.3 is 0 Å². The lowest BCUT2D eigenvalue weighted by molar-refractivity contribution is 0.0947. The van der Waals surface area contributed by atoms with Gasteiger partial charge in [-0.2, -0.15) is 0 Å². The summed E-state index contributed by atoms with van der Waals surface area (Å²) in [5.41, 5.74) is 4.21. The number of piperidine rings is 1. The van der Waals surface area contributed by atoms with Crippen LogP contribution in [0.15, 0.2) is 72.9 Å². The van der Waals surface area contributed by atoms with E-state index in [1.807, 2.05) is 42.5 Å². The molecule has 0 bridgehead atoms. The fourth-order valence-corrected chi connectivity index (χ4v) is 3.87. The third kappa shape index (κ3) is 5.92. The van der Waals surface area contributed by atoms with Crippen molar-refractivity contribution < 1.29 is 9.53 Å². The third-order valence-corrected chi connectivity index (χ3v) is 5.77. The summed E-state index contributed by atoms with van der Waals surface area (Å²) in [6, 6.07) is 21.7. The summed E-state index contributed by atoms with van der Waals surface area (Å²) >= 11 is 0. The molecule has 1 saturated heterocycles. The van der Waals surface area contributed by atoms with Crippen molar-refractivity contribution in [2.45, 2.75) is 39.0 Å². The number of benzene rings is 2. The van der Waals surface area contributed by atoms with Gasteiger partial charge in [0.05, 0.1) is 12.2 Å². The van der Waals surface area contributed by atoms with Crippen LogP contribution in [0.4, 0.5) is 0 Å². The Morgan fingerprint density at radius 1 is 1.03 bits per heavy atom. The molecule has 31 heavy (non-hydrogen) atoms. The van der Waals surface area contributed by atoms with Crippen molar-refractivity contribution in [3.8, 4) is 5.75 Å². The van der Waals surface area contributed by atoms with Crippen molar-refractivity contribution in [1.29, 1.82) is 0 Å². The minimum absolute atomic E-state index is 0.110. The Balaban J connectivity index is 1.23. The summed E-state index contributed by atoms with van der Waals surface area (Å²) in [6.07, 6.45) is 3.97. The van der Waals surface area contributed by atoms with Gasteiger partial charge in [0.2, 0.25) is 0 Å². The number of aromatic nitrogens is 1. The van der Waals surface area contributed by atoms with Gasteiger partial charge in [-0.25, -0.2) is 0 Å². The Morgan fingerprint density at radius 2 is 1.77 bits per heavy atom. The number of nitrogens with one attached hydrogen (secondary N) is 1. The summed E-state index contributed by atoms with van der Waals surface area (Å²) in [6.45, 7) is 5.66. The van der Waals surface area contributed by atoms with Gasteiger partial charge in [-0.05, 0) is 67.3 Å². The quantitative estimate of drug-likeness (QED) is 0.623. The first-order chi connectivity index (χ1) is 15.2. The van der Waals surface area contributed by atoms with Crippen molar-refractivity contribution in [1.82, 2.24) is 15.2 Å². The summed E-state index contributed by atoms with van der Waals surface area (Å²) in [4.78, 5) is 19.1. The maximum absolute atomic E-state index is 12.3. The fraction of sp³-hybridized carbons (Fsp3) is 0.308. The molecule has 1 N–H and O–H groups in total. The lowest BCUT2D eigenvalue weighted by atomic mass is 10.0. The highest BCUT2D eigenvalue weighted by Crippen LogP contribution is 2.21. The number of nitrogens with zero attached hydrogens (tertiary/aromatic N) is 2. The zero-order chi connectivity index (χ0) is 21.5. The van der Waals surface area contributed by atoms with E-state index in [2.05, 4.69) is 46.4 Å². The monoisotopic (exact) mass is 415 g/mol. The molecule has 4 rings (SSSR count). The number of carbonyl (C=O) groups is 1. The van der Waals surface area contributed by atoms with Crippen molar-refractivity contribution in [2.75, 3.05) is 13.1 Å². The van der Waals surface area contributed by atoms with E-state index in [0.29, 0.717) is 12.1 Å². The molecule has 3 aromatic rings. The highest BCUT2D eigenvalue weighted by molar-refractivity contribution is 5.94. The van der Waals surface area contributed by atoms with Crippen LogP contribution in [0.2, 0.25) is 0 Å². The van der Waals surface area contributed by atoms with E-state index in [4.69, 9.17) is 4.74 Å². The minimum Gasteiger partial charge on any atom is -0.490 e. The van der Waals surface area contributed by atoms with Crippen LogP contribution in [0.25, 0.3) is 0 Å². The van der Waals surface area contributed by atoms with Crippen molar-refractivity contribution in [3.05, 3.63) is 95.3 Å². The first-order valence-corrected chi connectivity index (χ1v) is 10.9. The molecule has 1 amide bonds. The van der Waals surface area contributed by atoms with E-state index in [1.54, 1.807) is 6.20 Å². The van der Waals surface area contributed by atoms with Gasteiger partial charge in [0.25, 0.3) is 5.91 Å². The molecule has 0 atom stereocenters. The Morgan fingerprint density at radius 3 is 2.48 bits per heavy atom. The molecule has 1 fully saturated rings. The Kier molecular flexibility index (Phi) is 6.95. The zero-order valence-electron chi connectivity index (χ0n) is 18.0. The van der Waals surface area contributed by atoms with Crippen molar-refractivity contribution in [3.63, 3.8) is 0 Å². The van der Waals surface area contributed by atoms with E-state index >= 15 is 0 Å². The van der Waals surface area contributed by atoms with Crippen LogP contribution >= 0.6 is 0 Å². The van der Waals surface area contributed by atoms with Gasteiger partial charge in [-0.15, -0.1) is 0 Å². The highest BCUT2D eigenvalue weighted by atomic mass is 16.5. The number of amides is 1. The van der Waals surface area contributed by atoms with Crippen molar-refractivity contribution in [2.24, 2.45) is 0 Å². The molecule has 1 aromatic heterocycles. The second kappa shape index (κ2) is 10.2. The second-order valence-corrected chi connectivity index (χ2v) is 8.05. The molecule has 0 unspecified atom stereocenters. The normalized spacial score (nSPS) is 14.9. The minimum atomic E-state index is -0.110. The maximum Gasteiger partial charge on any atom is 0.251 e. The Hall–Kier alpha value is -3.18. The lowest BCUT2D eigenvalue weighted by Crippen LogP contribution is -2.37. The van der Waals surface area contributed by atoms with E-state index < -0.39 is 0 Å². The second-order valence-electron chi connectivity index (χ2n) is 8.05. The smallest absolute Gasteiger partial charge is 0.251 e. The maximum atomic E-state index is 12.3. The average molecular weight is 416 g/mol. The Bertz CT molecular complexity index is 981. The number of hydrogen-bond acceptors (Lipinski definition) is 4. The lowest BCUT2D eigenvalue weighted by Gasteiger charge is -2.32. The van der Waals surface area contributed by atoms with Gasteiger partial charge in [-0.3, -0.25) is 14.7 Å². The molecule has 160 valence electrons. The number of carbonyl (C=O) groups excluding carboxylic acids is 1. The number of aryl methyl sites for hydroxylation is 1. The molecular weight excluding hydrogens is 386 g/mol. The van der Waals surface area contributed by atoms with Gasteiger partial charge < -0.3 is 10.1 Å². The Labute approximate surface area is 184 Å². The standard InChI is InChI=1S/C26H29N3O2/c1-20-6-2-3-7-22(20)19-29-16-13-25(14-17-29)31-24-11-9-21(10-12-24)26(30)28-18-23-8-4-5-15-27-23/h2-12,15,25H,13-14,16-19H2,1H3,(H,28,30). The number of pyridine rings is 1. The first kappa shape index (κ1) is 21.1. The fourth-order valence-electron chi connectivity index (χ4n) is 3.87. The SMILES string of the molecule is Cc1ccccc1CN1CCC(Oc2ccc(C(=O)NCc3ccccn3)cc2)CC1. The van der Waals surface area contributed by atoms with Gasteiger partial charge in [0, 0.05) is 31.4 Å². The molecular formula is C26H29N3O2. The van der Waals surface area contributed by atoms with Gasteiger partial charge in [-0.1, -0.05) is 30.3 Å². The van der Waals surface area contributed by atoms with Crippen LogP contribution in [0.3, 0.4) is 0 Å². The van der Waals surface area contributed by atoms with E-state index in [-0.39, 0.29) is 12.0 Å². The molecule has 0 radical (unpaired) electrons. The summed E-state index contributed by atoms with van der Waals surface area (Å²) in [5, 5.41) is 2.90. The van der Waals surface area contributed by atoms with Crippen LogP contribution in [-0.4, -0.2) is 35.0 Å². The molecule has 0 saturated carbocycles. The van der Waals surface area contributed by atoms with Crippen LogP contribution in [-0.2, 0) is 13.1 Å². The predicted molar refractivity (Wildman–Crippen MR) is 122 cm³/mol.